The largest absolute Gasteiger partial charge is 0.506 e. The first kappa shape index (κ1) is 21.6. The maximum atomic E-state index is 12.9. The zero-order valence-corrected chi connectivity index (χ0v) is 17.6. The number of phenols is 1. The third-order valence-corrected chi connectivity index (χ3v) is 4.88. The predicted octanol–water partition coefficient (Wildman–Crippen LogP) is 4.87. The Hall–Kier alpha value is -4.66. The number of aryl methyl sites for hydroxylation is 1. The molecule has 9 heteroatoms. The maximum absolute atomic E-state index is 12.9. The number of aromatic nitrogens is 2. The summed E-state index contributed by atoms with van der Waals surface area (Å²) in [5.74, 6) is -0.963. The van der Waals surface area contributed by atoms with Gasteiger partial charge < -0.3 is 14.9 Å². The van der Waals surface area contributed by atoms with E-state index in [1.54, 1.807) is 31.2 Å². The Morgan fingerprint density at radius 3 is 2.36 bits per heavy atom. The van der Waals surface area contributed by atoms with Gasteiger partial charge in [0.25, 0.3) is 5.56 Å². The lowest BCUT2D eigenvalue weighted by Gasteiger charge is -2.07. The number of carbonyl (C=O) groups is 1. The molecule has 33 heavy (non-hydrogen) atoms. The average molecular weight is 444 g/mol. The van der Waals surface area contributed by atoms with E-state index in [0.29, 0.717) is 23.7 Å². The minimum Gasteiger partial charge on any atom is -0.506 e. The zero-order valence-electron chi connectivity index (χ0n) is 17.6. The van der Waals surface area contributed by atoms with Crippen molar-refractivity contribution in [2.45, 2.75) is 13.5 Å². The van der Waals surface area contributed by atoms with E-state index in [4.69, 9.17) is 4.74 Å². The topological polar surface area (TPSA) is 129 Å². The normalized spacial score (nSPS) is 11.1. The van der Waals surface area contributed by atoms with Crippen LogP contribution in [0.1, 0.15) is 21.6 Å². The number of nitrogens with zero attached hydrogens (tertiary/aromatic N) is 3. The number of aromatic amines is 1. The quantitative estimate of drug-likeness (QED) is 0.350. The van der Waals surface area contributed by atoms with Crippen LogP contribution in [0.15, 0.2) is 87.8 Å². The van der Waals surface area contributed by atoms with Crippen molar-refractivity contribution in [3.8, 4) is 17.2 Å². The lowest BCUT2D eigenvalue weighted by Crippen LogP contribution is -2.13. The van der Waals surface area contributed by atoms with E-state index in [1.807, 2.05) is 30.3 Å². The smallest absolute Gasteiger partial charge is 0.338 e. The van der Waals surface area contributed by atoms with Crippen molar-refractivity contribution >= 4 is 17.3 Å². The number of ether oxygens (including phenoxy) is 1. The van der Waals surface area contributed by atoms with Gasteiger partial charge in [0.05, 0.1) is 16.9 Å². The number of aromatic carboxylic acids is 1. The number of hydrogen-bond acceptors (Lipinski definition) is 6. The predicted molar refractivity (Wildman–Crippen MR) is 121 cm³/mol. The first-order chi connectivity index (χ1) is 15.9. The van der Waals surface area contributed by atoms with Gasteiger partial charge in [-0.2, -0.15) is 0 Å². The lowest BCUT2D eigenvalue weighted by atomic mass is 10.1. The van der Waals surface area contributed by atoms with Crippen LogP contribution in [-0.4, -0.2) is 26.0 Å². The molecule has 3 aromatic carbocycles. The van der Waals surface area contributed by atoms with Crippen molar-refractivity contribution in [1.82, 2.24) is 9.78 Å². The molecule has 0 atom stereocenters. The van der Waals surface area contributed by atoms with Crippen LogP contribution in [-0.2, 0) is 6.61 Å². The molecule has 0 amide bonds. The number of carboxylic acids is 1. The van der Waals surface area contributed by atoms with Crippen LogP contribution in [0.4, 0.5) is 11.4 Å². The fourth-order valence-corrected chi connectivity index (χ4v) is 3.18. The number of phenolic OH excluding ortho intramolecular Hbond substituents is 1. The molecule has 166 valence electrons. The Labute approximate surface area is 188 Å². The molecule has 0 saturated heterocycles. The van der Waals surface area contributed by atoms with Crippen molar-refractivity contribution in [3.63, 3.8) is 0 Å². The summed E-state index contributed by atoms with van der Waals surface area (Å²) in [4.78, 5) is 24.2. The minimum atomic E-state index is -1.27. The Bertz CT molecular complexity index is 1370. The molecule has 0 bridgehead atoms. The molecule has 0 aliphatic carbocycles. The molecule has 3 N–H and O–H groups in total. The Balaban J connectivity index is 1.56. The molecule has 4 rings (SSSR count). The van der Waals surface area contributed by atoms with Gasteiger partial charge in [0.1, 0.15) is 23.8 Å². The molecule has 1 aromatic heterocycles. The Kier molecular flexibility index (Phi) is 6.03. The number of H-pyrrole nitrogens is 1. The van der Waals surface area contributed by atoms with Crippen LogP contribution < -0.4 is 10.3 Å². The summed E-state index contributed by atoms with van der Waals surface area (Å²) in [6.45, 7) is 2.07. The van der Waals surface area contributed by atoms with Gasteiger partial charge in [0.15, 0.2) is 5.69 Å². The molecular formula is C24H20N4O5. The average Bonchev–Trinajstić information content (AvgIpc) is 3.11. The van der Waals surface area contributed by atoms with Crippen molar-refractivity contribution in [1.29, 1.82) is 0 Å². The number of carboxylic acid groups (broad SMARTS) is 1. The number of azo groups is 1. The molecule has 4 aromatic rings. The van der Waals surface area contributed by atoms with E-state index in [-0.39, 0.29) is 22.7 Å². The van der Waals surface area contributed by atoms with Crippen LogP contribution in [0, 0.1) is 6.92 Å². The highest BCUT2D eigenvalue weighted by Gasteiger charge is 2.16. The standard InChI is InChI=1S/C24H20N4O5/c1-15-21(25-26-22-19(24(31)32)8-5-9-20(22)29)23(30)28(27-15)17-10-12-18(13-11-17)33-14-16-6-3-2-4-7-16/h2-13,27,29H,14H2,1H3,(H,31,32). The van der Waals surface area contributed by atoms with E-state index in [9.17, 15) is 19.8 Å². The summed E-state index contributed by atoms with van der Waals surface area (Å²) in [5, 5.41) is 29.9. The Morgan fingerprint density at radius 1 is 0.970 bits per heavy atom. The molecule has 0 spiro atoms. The van der Waals surface area contributed by atoms with Crippen LogP contribution >= 0.6 is 0 Å². The van der Waals surface area contributed by atoms with Gasteiger partial charge in [0.2, 0.25) is 0 Å². The molecule has 0 radical (unpaired) electrons. The minimum absolute atomic E-state index is 0.000930. The first-order valence-corrected chi connectivity index (χ1v) is 10.00. The van der Waals surface area contributed by atoms with Gasteiger partial charge in [0, 0.05) is 0 Å². The van der Waals surface area contributed by atoms with Crippen LogP contribution in [0.2, 0.25) is 0 Å². The molecule has 0 fully saturated rings. The summed E-state index contributed by atoms with van der Waals surface area (Å²) >= 11 is 0. The highest BCUT2D eigenvalue weighted by molar-refractivity contribution is 5.94. The van der Waals surface area contributed by atoms with Crippen LogP contribution in [0.3, 0.4) is 0 Å². The molecule has 0 unspecified atom stereocenters. The fraction of sp³-hybridized carbons (Fsp3) is 0.0833. The van der Waals surface area contributed by atoms with E-state index < -0.39 is 11.5 Å². The second-order valence-electron chi connectivity index (χ2n) is 7.17. The fourth-order valence-electron chi connectivity index (χ4n) is 3.18. The van der Waals surface area contributed by atoms with Crippen molar-refractivity contribution in [2.24, 2.45) is 10.2 Å². The summed E-state index contributed by atoms with van der Waals surface area (Å²) in [5.41, 5.74) is 1.12. The van der Waals surface area contributed by atoms with E-state index in [2.05, 4.69) is 15.3 Å². The van der Waals surface area contributed by atoms with Gasteiger partial charge in [-0.25, -0.2) is 9.48 Å². The third-order valence-electron chi connectivity index (χ3n) is 4.88. The Morgan fingerprint density at radius 2 is 1.67 bits per heavy atom. The van der Waals surface area contributed by atoms with Crippen molar-refractivity contribution in [3.05, 3.63) is 100.0 Å². The molecule has 9 nitrogen and oxygen atoms in total. The molecule has 0 aliphatic rings. The summed E-state index contributed by atoms with van der Waals surface area (Å²) in [7, 11) is 0. The van der Waals surface area contributed by atoms with Crippen molar-refractivity contribution < 1.29 is 19.7 Å². The number of aromatic hydroxyl groups is 1. The summed E-state index contributed by atoms with van der Waals surface area (Å²) in [6, 6.07) is 20.7. The van der Waals surface area contributed by atoms with Gasteiger partial charge >= 0.3 is 5.97 Å². The molecule has 1 heterocycles. The number of benzene rings is 3. The highest BCUT2D eigenvalue weighted by atomic mass is 16.5. The van der Waals surface area contributed by atoms with E-state index in [0.717, 1.165) is 5.56 Å². The molecule has 0 saturated carbocycles. The molecular weight excluding hydrogens is 424 g/mol. The number of nitrogens with one attached hydrogen (secondary N) is 1. The number of rotatable bonds is 7. The first-order valence-electron chi connectivity index (χ1n) is 10.00. The van der Waals surface area contributed by atoms with E-state index in [1.165, 1.54) is 22.9 Å². The van der Waals surface area contributed by atoms with Crippen LogP contribution in [0.25, 0.3) is 5.69 Å². The van der Waals surface area contributed by atoms with Gasteiger partial charge in [-0.3, -0.25) is 9.89 Å². The second-order valence-corrected chi connectivity index (χ2v) is 7.17. The lowest BCUT2D eigenvalue weighted by molar-refractivity contribution is 0.0697. The third kappa shape index (κ3) is 4.67. The van der Waals surface area contributed by atoms with Gasteiger partial charge in [-0.1, -0.05) is 36.4 Å². The zero-order chi connectivity index (χ0) is 23.4. The number of hydrogen-bond donors (Lipinski definition) is 3. The van der Waals surface area contributed by atoms with Crippen LogP contribution in [0.5, 0.6) is 11.5 Å². The maximum Gasteiger partial charge on any atom is 0.338 e. The van der Waals surface area contributed by atoms with E-state index >= 15 is 0 Å². The van der Waals surface area contributed by atoms with Gasteiger partial charge in [-0.15, -0.1) is 10.2 Å². The van der Waals surface area contributed by atoms with Crippen molar-refractivity contribution in [2.75, 3.05) is 0 Å². The summed E-state index contributed by atoms with van der Waals surface area (Å²) < 4.78 is 7.07. The van der Waals surface area contributed by atoms with Gasteiger partial charge in [-0.05, 0) is 48.9 Å². The second kappa shape index (κ2) is 9.23. The molecule has 0 aliphatic heterocycles. The summed E-state index contributed by atoms with van der Waals surface area (Å²) in [6.07, 6.45) is 0. The monoisotopic (exact) mass is 444 g/mol. The highest BCUT2D eigenvalue weighted by Crippen LogP contribution is 2.32. The SMILES string of the molecule is Cc1[nH]n(-c2ccc(OCc3ccccc3)cc2)c(=O)c1N=Nc1c(O)cccc1C(=O)O.